The summed E-state index contributed by atoms with van der Waals surface area (Å²) in [6.07, 6.45) is 5.12. The van der Waals surface area contributed by atoms with E-state index in [2.05, 4.69) is 34.9 Å². The molecule has 0 saturated carbocycles. The van der Waals surface area contributed by atoms with Gasteiger partial charge in [-0.15, -0.1) is 0 Å². The van der Waals surface area contributed by atoms with E-state index in [1.165, 1.54) is 12.0 Å². The lowest BCUT2D eigenvalue weighted by Crippen LogP contribution is -2.05. The van der Waals surface area contributed by atoms with Gasteiger partial charge in [0.2, 0.25) is 0 Å². The summed E-state index contributed by atoms with van der Waals surface area (Å²) in [6, 6.07) is 14.6. The summed E-state index contributed by atoms with van der Waals surface area (Å²) in [5.74, 6) is 0. The van der Waals surface area contributed by atoms with E-state index in [9.17, 15) is 5.11 Å². The lowest BCUT2D eigenvalue weighted by Gasteiger charge is -2.11. The van der Waals surface area contributed by atoms with Gasteiger partial charge in [0.15, 0.2) is 0 Å². The van der Waals surface area contributed by atoms with Crippen molar-refractivity contribution in [2.75, 3.05) is 0 Å². The predicted octanol–water partition coefficient (Wildman–Crippen LogP) is 3.56. The van der Waals surface area contributed by atoms with E-state index in [-0.39, 0.29) is 6.10 Å². The second kappa shape index (κ2) is 6.41. The van der Waals surface area contributed by atoms with Gasteiger partial charge in [-0.3, -0.25) is 0 Å². The van der Waals surface area contributed by atoms with Crippen LogP contribution in [0.25, 0.3) is 0 Å². The van der Waals surface area contributed by atoms with Crippen LogP contribution in [0.3, 0.4) is 0 Å². The topological polar surface area (TPSA) is 25.2 Å². The van der Waals surface area contributed by atoms with E-state index in [4.69, 9.17) is 0 Å². The third-order valence-corrected chi connectivity index (χ3v) is 3.25. The quantitative estimate of drug-likeness (QED) is 0.771. The number of unbranched alkanes of at least 4 members (excludes halogenated alkanes) is 1. The van der Waals surface area contributed by atoms with Crippen molar-refractivity contribution in [3.05, 3.63) is 59.9 Å². The molecule has 96 valence electrons. The van der Waals surface area contributed by atoms with E-state index in [1.54, 1.807) is 0 Å². The van der Waals surface area contributed by atoms with Gasteiger partial charge in [0, 0.05) is 18.4 Å². The number of hydrogen-bond acceptors (Lipinski definition) is 1. The smallest absolute Gasteiger partial charge is 0.0911 e. The van der Waals surface area contributed by atoms with Gasteiger partial charge in [0.05, 0.1) is 6.10 Å². The van der Waals surface area contributed by atoms with Crippen LogP contribution in [0.15, 0.2) is 48.7 Å². The summed E-state index contributed by atoms with van der Waals surface area (Å²) in [4.78, 5) is 0. The Hall–Kier alpha value is -1.54. The molecule has 0 radical (unpaired) electrons. The number of nitrogens with zero attached hydrogens (tertiary/aromatic N) is 1. The maximum atomic E-state index is 9.61. The minimum absolute atomic E-state index is 0.380. The average Bonchev–Trinajstić information content (AvgIpc) is 2.84. The second-order valence-corrected chi connectivity index (χ2v) is 4.75. The van der Waals surface area contributed by atoms with Crippen LogP contribution in [0, 0.1) is 0 Å². The number of aryl methyl sites for hydroxylation is 2. The lowest BCUT2D eigenvalue weighted by molar-refractivity contribution is 0.189. The molecule has 0 spiro atoms. The van der Waals surface area contributed by atoms with E-state index >= 15 is 0 Å². The van der Waals surface area contributed by atoms with Gasteiger partial charge in [-0.25, -0.2) is 0 Å². The average molecular weight is 243 g/mol. The summed E-state index contributed by atoms with van der Waals surface area (Å²) in [5, 5.41) is 9.61. The number of benzene rings is 1. The fourth-order valence-electron chi connectivity index (χ4n) is 2.27. The molecule has 2 nitrogen and oxygen atoms in total. The minimum Gasteiger partial charge on any atom is -0.387 e. The molecule has 0 bridgehead atoms. The van der Waals surface area contributed by atoms with E-state index in [1.807, 2.05) is 25.3 Å². The minimum atomic E-state index is -0.380. The molecule has 2 aromatic rings. The van der Waals surface area contributed by atoms with Crippen molar-refractivity contribution < 1.29 is 5.11 Å². The van der Waals surface area contributed by atoms with Crippen molar-refractivity contribution in [1.82, 2.24) is 4.57 Å². The number of aliphatic hydroxyl groups is 1. The maximum absolute atomic E-state index is 9.61. The van der Waals surface area contributed by atoms with Gasteiger partial charge < -0.3 is 9.67 Å². The van der Waals surface area contributed by atoms with Gasteiger partial charge in [0.1, 0.15) is 0 Å². The van der Waals surface area contributed by atoms with Crippen molar-refractivity contribution in [3.8, 4) is 0 Å². The third-order valence-electron chi connectivity index (χ3n) is 3.25. The Labute approximate surface area is 109 Å². The highest BCUT2D eigenvalue weighted by Crippen LogP contribution is 2.14. The summed E-state index contributed by atoms with van der Waals surface area (Å²) < 4.78 is 2.15. The first-order valence-corrected chi connectivity index (χ1v) is 6.64. The molecule has 1 aromatic heterocycles. The Morgan fingerprint density at radius 3 is 2.56 bits per heavy atom. The molecule has 0 aliphatic carbocycles. The third kappa shape index (κ3) is 3.47. The molecule has 18 heavy (non-hydrogen) atoms. The second-order valence-electron chi connectivity index (χ2n) is 4.75. The lowest BCUT2D eigenvalue weighted by atomic mass is 10.1. The molecule has 1 aromatic carbocycles. The summed E-state index contributed by atoms with van der Waals surface area (Å²) in [5.41, 5.74) is 2.41. The summed E-state index contributed by atoms with van der Waals surface area (Å²) in [7, 11) is 0. The zero-order chi connectivity index (χ0) is 12.8. The number of aliphatic hydroxyl groups excluding tert-OH is 1. The van der Waals surface area contributed by atoms with Gasteiger partial charge in [-0.1, -0.05) is 30.3 Å². The van der Waals surface area contributed by atoms with Gasteiger partial charge in [-0.2, -0.15) is 0 Å². The van der Waals surface area contributed by atoms with Crippen molar-refractivity contribution in [1.29, 1.82) is 0 Å². The zero-order valence-electron chi connectivity index (χ0n) is 10.9. The molecule has 0 saturated heterocycles. The molecule has 1 unspecified atom stereocenters. The molecule has 1 N–H and O–H groups in total. The first-order chi connectivity index (χ1) is 8.77. The molecular formula is C16H21NO. The zero-order valence-corrected chi connectivity index (χ0v) is 10.9. The van der Waals surface area contributed by atoms with Crippen LogP contribution in [0.4, 0.5) is 0 Å². The van der Waals surface area contributed by atoms with Crippen molar-refractivity contribution in [2.24, 2.45) is 0 Å². The van der Waals surface area contributed by atoms with Crippen LogP contribution < -0.4 is 0 Å². The molecule has 0 amide bonds. The van der Waals surface area contributed by atoms with Crippen LogP contribution in [0.1, 0.15) is 37.1 Å². The molecule has 0 aliphatic heterocycles. The van der Waals surface area contributed by atoms with E-state index < -0.39 is 0 Å². The van der Waals surface area contributed by atoms with Crippen LogP contribution in [-0.4, -0.2) is 9.67 Å². The summed E-state index contributed by atoms with van der Waals surface area (Å²) >= 11 is 0. The molecule has 0 fully saturated rings. The van der Waals surface area contributed by atoms with Crippen molar-refractivity contribution in [3.63, 3.8) is 0 Å². The number of aromatic nitrogens is 1. The van der Waals surface area contributed by atoms with E-state index in [0.29, 0.717) is 0 Å². The monoisotopic (exact) mass is 243 g/mol. The van der Waals surface area contributed by atoms with Gasteiger partial charge in [-0.05, 0) is 43.9 Å². The largest absolute Gasteiger partial charge is 0.387 e. The maximum Gasteiger partial charge on any atom is 0.0911 e. The van der Waals surface area contributed by atoms with Crippen LogP contribution in [0.5, 0.6) is 0 Å². The molecule has 2 heteroatoms. The van der Waals surface area contributed by atoms with Gasteiger partial charge >= 0.3 is 0 Å². The summed E-state index contributed by atoms with van der Waals surface area (Å²) in [6.45, 7) is 2.80. The SMILES string of the molecule is CC(O)c1cccn1CCCCc1ccccc1. The Bertz CT molecular complexity index is 459. The Morgan fingerprint density at radius 2 is 1.83 bits per heavy atom. The van der Waals surface area contributed by atoms with Crippen LogP contribution in [0.2, 0.25) is 0 Å². The molecule has 0 aliphatic rings. The first-order valence-electron chi connectivity index (χ1n) is 6.64. The van der Waals surface area contributed by atoms with Gasteiger partial charge in [0.25, 0.3) is 0 Å². The predicted molar refractivity (Wildman–Crippen MR) is 74.4 cm³/mol. The Kier molecular flexibility index (Phi) is 4.59. The van der Waals surface area contributed by atoms with E-state index in [0.717, 1.165) is 25.1 Å². The molecule has 1 atom stereocenters. The highest BCUT2D eigenvalue weighted by molar-refractivity contribution is 5.14. The molecule has 2 rings (SSSR count). The molecular weight excluding hydrogens is 222 g/mol. The number of rotatable bonds is 6. The van der Waals surface area contributed by atoms with Crippen LogP contribution in [-0.2, 0) is 13.0 Å². The number of hydrogen-bond donors (Lipinski definition) is 1. The van der Waals surface area contributed by atoms with Crippen LogP contribution >= 0.6 is 0 Å². The fourth-order valence-corrected chi connectivity index (χ4v) is 2.27. The molecule has 1 heterocycles. The fraction of sp³-hybridized carbons (Fsp3) is 0.375. The standard InChI is InChI=1S/C16H21NO/c1-14(18)16-11-7-13-17(16)12-6-5-10-15-8-3-2-4-9-15/h2-4,7-9,11,13-14,18H,5-6,10,12H2,1H3. The normalized spacial score (nSPS) is 12.6. The highest BCUT2D eigenvalue weighted by Gasteiger charge is 2.05. The highest BCUT2D eigenvalue weighted by atomic mass is 16.3. The Balaban J connectivity index is 1.77. The first kappa shape index (κ1) is 12.9. The van der Waals surface area contributed by atoms with Crippen molar-refractivity contribution in [2.45, 2.75) is 38.8 Å². The van der Waals surface area contributed by atoms with Crippen molar-refractivity contribution >= 4 is 0 Å². The Morgan fingerprint density at radius 1 is 1.06 bits per heavy atom.